The number of nitrogens with zero attached hydrogens (tertiary/aromatic N) is 1. The number of aromatic hydroxyl groups is 1. The lowest BCUT2D eigenvalue weighted by molar-refractivity contribution is -0.119. The SMILES string of the molecule is Cc1ccccc1N1C(=O)CC(c2ccc(O)cc2)C2=C1CCCC2=O. The Morgan fingerprint density at radius 1 is 1.00 bits per heavy atom. The van der Waals surface area contributed by atoms with E-state index in [1.54, 1.807) is 17.0 Å². The minimum atomic E-state index is -0.230. The zero-order chi connectivity index (χ0) is 18.3. The molecule has 1 unspecified atom stereocenters. The zero-order valence-electron chi connectivity index (χ0n) is 14.7. The molecule has 0 fully saturated rings. The predicted molar refractivity (Wildman–Crippen MR) is 100 cm³/mol. The number of hydrogen-bond acceptors (Lipinski definition) is 3. The first-order valence-electron chi connectivity index (χ1n) is 9.00. The summed E-state index contributed by atoms with van der Waals surface area (Å²) < 4.78 is 0. The topological polar surface area (TPSA) is 57.6 Å². The van der Waals surface area contributed by atoms with Crippen LogP contribution >= 0.6 is 0 Å². The van der Waals surface area contributed by atoms with Crippen LogP contribution in [0.1, 0.15) is 42.7 Å². The maximum absolute atomic E-state index is 13.1. The molecule has 1 atom stereocenters. The average molecular weight is 347 g/mol. The van der Waals surface area contributed by atoms with Gasteiger partial charge in [0.05, 0.1) is 5.69 Å². The summed E-state index contributed by atoms with van der Waals surface area (Å²) in [6.07, 6.45) is 2.30. The van der Waals surface area contributed by atoms with E-state index in [4.69, 9.17) is 0 Å². The molecule has 2 aliphatic rings. The molecule has 4 nitrogen and oxygen atoms in total. The number of carbonyl (C=O) groups is 2. The predicted octanol–water partition coefficient (Wildman–Crippen LogP) is 4.23. The molecule has 1 N–H and O–H groups in total. The van der Waals surface area contributed by atoms with Gasteiger partial charge in [0.15, 0.2) is 5.78 Å². The number of aryl methyl sites for hydroxylation is 1. The molecule has 1 aliphatic carbocycles. The van der Waals surface area contributed by atoms with Gasteiger partial charge in [-0.2, -0.15) is 0 Å². The Labute approximate surface area is 152 Å². The number of phenolic OH excluding ortho intramolecular Hbond substituents is 1. The summed E-state index contributed by atoms with van der Waals surface area (Å²) in [5.41, 5.74) is 4.41. The quantitative estimate of drug-likeness (QED) is 0.884. The summed E-state index contributed by atoms with van der Waals surface area (Å²) in [7, 11) is 0. The normalized spacial score (nSPS) is 20.3. The van der Waals surface area contributed by atoms with Crippen molar-refractivity contribution in [2.45, 2.75) is 38.5 Å². The van der Waals surface area contributed by atoms with E-state index < -0.39 is 0 Å². The highest BCUT2D eigenvalue weighted by molar-refractivity contribution is 6.07. The number of phenols is 1. The largest absolute Gasteiger partial charge is 0.508 e. The molecule has 2 aromatic carbocycles. The molecule has 1 amide bonds. The summed E-state index contributed by atoms with van der Waals surface area (Å²) in [5.74, 6) is 0.106. The Morgan fingerprint density at radius 2 is 1.73 bits per heavy atom. The fourth-order valence-electron chi connectivity index (χ4n) is 4.08. The van der Waals surface area contributed by atoms with Crippen LogP contribution in [0.2, 0.25) is 0 Å². The molecule has 4 heteroatoms. The molecule has 0 radical (unpaired) electrons. The van der Waals surface area contributed by atoms with Crippen molar-refractivity contribution in [2.75, 3.05) is 4.90 Å². The fourth-order valence-corrected chi connectivity index (χ4v) is 4.08. The van der Waals surface area contributed by atoms with Crippen LogP contribution in [0.25, 0.3) is 0 Å². The number of carbonyl (C=O) groups excluding carboxylic acids is 2. The first kappa shape index (κ1) is 16.6. The lowest BCUT2D eigenvalue weighted by Gasteiger charge is -2.39. The third-order valence-corrected chi connectivity index (χ3v) is 5.33. The van der Waals surface area contributed by atoms with E-state index in [-0.39, 0.29) is 29.8 Å². The molecular formula is C22H21NO3. The van der Waals surface area contributed by atoms with E-state index in [1.165, 1.54) is 0 Å². The van der Waals surface area contributed by atoms with Crippen molar-refractivity contribution in [2.24, 2.45) is 0 Å². The van der Waals surface area contributed by atoms with Crippen LogP contribution in [-0.4, -0.2) is 16.8 Å². The van der Waals surface area contributed by atoms with E-state index in [0.29, 0.717) is 6.42 Å². The van der Waals surface area contributed by atoms with Crippen molar-refractivity contribution < 1.29 is 14.7 Å². The fraction of sp³-hybridized carbons (Fsp3) is 0.273. The van der Waals surface area contributed by atoms with Crippen molar-refractivity contribution in [3.05, 3.63) is 70.9 Å². The van der Waals surface area contributed by atoms with Gasteiger partial charge in [0.2, 0.25) is 5.91 Å². The first-order chi connectivity index (χ1) is 12.6. The van der Waals surface area contributed by atoms with E-state index in [9.17, 15) is 14.7 Å². The first-order valence-corrected chi connectivity index (χ1v) is 9.00. The van der Waals surface area contributed by atoms with Gasteiger partial charge >= 0.3 is 0 Å². The van der Waals surface area contributed by atoms with Gasteiger partial charge in [-0.1, -0.05) is 30.3 Å². The van der Waals surface area contributed by atoms with Crippen LogP contribution in [0.5, 0.6) is 5.75 Å². The number of benzene rings is 2. The van der Waals surface area contributed by atoms with Crippen molar-refractivity contribution in [3.8, 4) is 5.75 Å². The second-order valence-electron chi connectivity index (χ2n) is 7.00. The summed E-state index contributed by atoms with van der Waals surface area (Å²) in [6, 6.07) is 14.6. The highest BCUT2D eigenvalue weighted by Gasteiger charge is 2.39. The van der Waals surface area contributed by atoms with Crippen LogP contribution < -0.4 is 4.90 Å². The molecule has 0 bridgehead atoms. The Kier molecular flexibility index (Phi) is 4.11. The lowest BCUT2D eigenvalue weighted by atomic mass is 9.77. The minimum Gasteiger partial charge on any atom is -0.508 e. The Hall–Kier alpha value is -2.88. The molecule has 0 saturated carbocycles. The second-order valence-corrected chi connectivity index (χ2v) is 7.00. The van der Waals surface area contributed by atoms with E-state index in [2.05, 4.69) is 0 Å². The molecule has 132 valence electrons. The van der Waals surface area contributed by atoms with Gasteiger partial charge < -0.3 is 5.11 Å². The number of para-hydroxylation sites is 1. The number of Topliss-reactive ketones (excluding diaryl/α,β-unsaturated/α-hetero) is 1. The van der Waals surface area contributed by atoms with Crippen LogP contribution in [0.3, 0.4) is 0 Å². The van der Waals surface area contributed by atoms with Gasteiger partial charge in [0.25, 0.3) is 0 Å². The minimum absolute atomic E-state index is 0.0193. The number of allylic oxidation sites excluding steroid dienone is 2. The van der Waals surface area contributed by atoms with E-state index >= 15 is 0 Å². The molecule has 26 heavy (non-hydrogen) atoms. The molecule has 1 aliphatic heterocycles. The van der Waals surface area contributed by atoms with Crippen LogP contribution in [0, 0.1) is 6.92 Å². The molecule has 0 spiro atoms. The maximum atomic E-state index is 13.1. The standard InChI is InChI=1S/C22H21NO3/c1-14-5-2-3-6-18(14)23-19-7-4-8-20(25)22(19)17(13-21(23)26)15-9-11-16(24)12-10-15/h2-3,5-6,9-12,17,24H,4,7-8,13H2,1H3. The van der Waals surface area contributed by atoms with Crippen molar-refractivity contribution in [1.29, 1.82) is 0 Å². The van der Waals surface area contributed by atoms with Crippen molar-refractivity contribution in [1.82, 2.24) is 0 Å². The van der Waals surface area contributed by atoms with Gasteiger partial charge in [0, 0.05) is 30.0 Å². The van der Waals surface area contributed by atoms with E-state index in [1.807, 2.05) is 43.3 Å². The number of amides is 1. The Morgan fingerprint density at radius 3 is 2.46 bits per heavy atom. The maximum Gasteiger partial charge on any atom is 0.232 e. The lowest BCUT2D eigenvalue weighted by Crippen LogP contribution is -2.40. The monoisotopic (exact) mass is 347 g/mol. The van der Waals surface area contributed by atoms with Crippen LogP contribution in [0.4, 0.5) is 5.69 Å². The number of rotatable bonds is 2. The number of anilines is 1. The summed E-state index contributed by atoms with van der Waals surface area (Å²) in [4.78, 5) is 27.7. The zero-order valence-corrected chi connectivity index (χ0v) is 14.7. The third-order valence-electron chi connectivity index (χ3n) is 5.33. The molecular weight excluding hydrogens is 326 g/mol. The molecule has 4 rings (SSSR count). The molecule has 2 aromatic rings. The molecule has 1 heterocycles. The van der Waals surface area contributed by atoms with Crippen molar-refractivity contribution >= 4 is 17.4 Å². The van der Waals surface area contributed by atoms with Crippen molar-refractivity contribution in [3.63, 3.8) is 0 Å². The van der Waals surface area contributed by atoms with Crippen LogP contribution in [0.15, 0.2) is 59.8 Å². The number of hydrogen-bond donors (Lipinski definition) is 1. The Balaban J connectivity index is 1.87. The Bertz CT molecular complexity index is 911. The summed E-state index contributed by atoms with van der Waals surface area (Å²) in [6.45, 7) is 1.99. The average Bonchev–Trinajstić information content (AvgIpc) is 2.63. The van der Waals surface area contributed by atoms with Gasteiger partial charge in [-0.3, -0.25) is 14.5 Å². The molecule has 0 aromatic heterocycles. The van der Waals surface area contributed by atoms with Gasteiger partial charge in [-0.05, 0) is 49.1 Å². The highest BCUT2D eigenvalue weighted by atomic mass is 16.3. The molecule has 0 saturated heterocycles. The highest BCUT2D eigenvalue weighted by Crippen LogP contribution is 2.44. The van der Waals surface area contributed by atoms with Gasteiger partial charge in [-0.15, -0.1) is 0 Å². The summed E-state index contributed by atoms with van der Waals surface area (Å²) in [5, 5.41) is 9.56. The van der Waals surface area contributed by atoms with E-state index in [0.717, 1.165) is 40.9 Å². The van der Waals surface area contributed by atoms with Gasteiger partial charge in [0.1, 0.15) is 5.75 Å². The van der Waals surface area contributed by atoms with Gasteiger partial charge in [-0.25, -0.2) is 0 Å². The van der Waals surface area contributed by atoms with Crippen LogP contribution in [-0.2, 0) is 9.59 Å². The number of ketones is 1. The smallest absolute Gasteiger partial charge is 0.232 e. The third kappa shape index (κ3) is 2.71. The summed E-state index contributed by atoms with van der Waals surface area (Å²) >= 11 is 0. The second kappa shape index (κ2) is 6.45.